The predicted octanol–water partition coefficient (Wildman–Crippen LogP) is 6.59. The first kappa shape index (κ1) is 46.3. The third-order valence-corrected chi connectivity index (χ3v) is 16.0. The normalized spacial score (nSPS) is 25.8. The Balaban J connectivity index is 0.740. The van der Waals surface area contributed by atoms with Gasteiger partial charge >= 0.3 is 0 Å². The van der Waals surface area contributed by atoms with Crippen LogP contribution in [-0.4, -0.2) is 94.8 Å². The molecule has 5 amide bonds. The molecule has 14 nitrogen and oxygen atoms in total. The Morgan fingerprint density at radius 2 is 1.63 bits per heavy atom. The van der Waals surface area contributed by atoms with E-state index in [0.717, 1.165) is 68.6 Å². The Morgan fingerprint density at radius 1 is 0.882 bits per heavy atom. The topological polar surface area (TPSA) is 184 Å². The van der Waals surface area contributed by atoms with E-state index in [4.69, 9.17) is 23.2 Å². The molecule has 5 aliphatic heterocycles. The summed E-state index contributed by atoms with van der Waals surface area (Å²) in [5.41, 5.74) is 2.75. The number of aliphatic hydroxyl groups is 1. The van der Waals surface area contributed by atoms with Gasteiger partial charge in [0.2, 0.25) is 23.6 Å². The number of nitrogens with zero attached hydrogens (tertiary/aromatic N) is 2. The zero-order valence-corrected chi connectivity index (χ0v) is 39.0. The molecule has 0 radical (unpaired) electrons. The lowest BCUT2D eigenvalue weighted by Crippen LogP contribution is -2.60. The summed E-state index contributed by atoms with van der Waals surface area (Å²) in [7, 11) is 0. The summed E-state index contributed by atoms with van der Waals surface area (Å²) in [5, 5.41) is 30.2. The third-order valence-electron chi connectivity index (χ3n) is 15.5. The zero-order chi connectivity index (χ0) is 47.3. The molecule has 3 saturated heterocycles. The van der Waals surface area contributed by atoms with Crippen LogP contribution in [0, 0.1) is 11.7 Å². The van der Waals surface area contributed by atoms with Gasteiger partial charge in [0.15, 0.2) is 0 Å². The van der Waals surface area contributed by atoms with Gasteiger partial charge in [0.1, 0.15) is 17.5 Å². The van der Waals surface area contributed by atoms with Crippen LogP contribution in [0.1, 0.15) is 103 Å². The highest BCUT2D eigenvalue weighted by molar-refractivity contribution is 6.31. The number of anilines is 3. The first-order chi connectivity index (χ1) is 32.9. The second-order valence-corrected chi connectivity index (χ2v) is 20.1. The quantitative estimate of drug-likeness (QED) is 0.0811. The van der Waals surface area contributed by atoms with Gasteiger partial charge in [-0.05, 0) is 116 Å². The van der Waals surface area contributed by atoms with E-state index in [-0.39, 0.29) is 40.6 Å². The molecule has 5 heterocycles. The monoisotopic (exact) mass is 964 g/mol. The van der Waals surface area contributed by atoms with E-state index in [1.54, 1.807) is 53.4 Å². The maximum atomic E-state index is 16.3. The molecule has 4 fully saturated rings. The van der Waals surface area contributed by atoms with E-state index in [9.17, 15) is 29.1 Å². The number of amides is 5. The molecule has 68 heavy (non-hydrogen) atoms. The van der Waals surface area contributed by atoms with Crippen LogP contribution >= 0.6 is 23.2 Å². The number of fused-ring (bicyclic) bond motifs is 4. The molecule has 2 spiro atoms. The van der Waals surface area contributed by atoms with Crippen LogP contribution in [0.25, 0.3) is 0 Å². The van der Waals surface area contributed by atoms with Gasteiger partial charge in [-0.25, -0.2) is 4.39 Å². The van der Waals surface area contributed by atoms with E-state index in [2.05, 4.69) is 36.8 Å². The summed E-state index contributed by atoms with van der Waals surface area (Å²) in [6.45, 7) is 4.12. The van der Waals surface area contributed by atoms with Gasteiger partial charge in [0.05, 0.1) is 17.1 Å². The Morgan fingerprint density at radius 3 is 2.40 bits per heavy atom. The zero-order valence-electron chi connectivity index (χ0n) is 37.5. The van der Waals surface area contributed by atoms with Gasteiger partial charge < -0.3 is 31.3 Å². The van der Waals surface area contributed by atoms with Crippen molar-refractivity contribution in [3.63, 3.8) is 0 Å². The summed E-state index contributed by atoms with van der Waals surface area (Å²) in [6, 6.07) is 20.8. The summed E-state index contributed by atoms with van der Waals surface area (Å²) in [6.07, 6.45) is 5.51. The lowest BCUT2D eigenvalue weighted by Gasteiger charge is -2.47. The second kappa shape index (κ2) is 18.8. The molecule has 4 aromatic rings. The number of carbonyl (C=O) groups excluding carboxylic acids is 5. The third kappa shape index (κ3) is 8.24. The number of imide groups is 1. The molecule has 17 heteroatoms. The summed E-state index contributed by atoms with van der Waals surface area (Å²) < 4.78 is 16.3. The first-order valence-corrected chi connectivity index (χ1v) is 24.5. The molecule has 6 aliphatic rings. The highest BCUT2D eigenvalue weighted by Crippen LogP contribution is 2.63. The molecule has 0 bridgehead atoms. The molecule has 1 saturated carbocycles. The predicted molar refractivity (Wildman–Crippen MR) is 257 cm³/mol. The largest absolute Gasteiger partial charge is 0.384 e. The Bertz CT molecular complexity index is 2660. The SMILES string of the molecule is O=C1CCC(N2Cc3c(NCC4CCN(CCNC(=O)c5ccc(NC(=O)[C@@H]6NC7(CCCCC7)[C@@]7(C(=O)Nc8cc(Cl)ccc87)[C@H]6c6cccc(Cl)c6F)cc5)CC4)cccc3C2O)C(=O)N1. The first-order valence-electron chi connectivity index (χ1n) is 23.7. The maximum absolute atomic E-state index is 16.3. The van der Waals surface area contributed by atoms with Crippen LogP contribution in [0.3, 0.4) is 0 Å². The van der Waals surface area contributed by atoms with Gasteiger partial charge in [0, 0.05) is 77.3 Å². The van der Waals surface area contributed by atoms with Gasteiger partial charge in [-0.15, -0.1) is 0 Å². The molecule has 7 N–H and O–H groups in total. The van der Waals surface area contributed by atoms with E-state index < -0.39 is 46.9 Å². The average Bonchev–Trinajstić information content (AvgIpc) is 3.93. The van der Waals surface area contributed by atoms with Crippen molar-refractivity contribution < 1.29 is 33.5 Å². The maximum Gasteiger partial charge on any atom is 0.251 e. The van der Waals surface area contributed by atoms with Crippen molar-refractivity contribution in [3.8, 4) is 0 Å². The van der Waals surface area contributed by atoms with Crippen LogP contribution in [0.15, 0.2) is 78.9 Å². The molecule has 5 atom stereocenters. The van der Waals surface area contributed by atoms with Crippen molar-refractivity contribution in [1.82, 2.24) is 25.8 Å². The van der Waals surface area contributed by atoms with E-state index in [1.165, 1.54) is 6.07 Å². The summed E-state index contributed by atoms with van der Waals surface area (Å²) in [4.78, 5) is 70.9. The number of aliphatic hydroxyl groups excluding tert-OH is 1. The fourth-order valence-corrected chi connectivity index (χ4v) is 12.5. The minimum atomic E-state index is -1.35. The Labute approximate surface area is 404 Å². The number of piperidine rings is 2. The number of carbonyl (C=O) groups is 5. The van der Waals surface area contributed by atoms with Crippen molar-refractivity contribution in [1.29, 1.82) is 0 Å². The lowest BCUT2D eigenvalue weighted by atomic mass is 9.55. The van der Waals surface area contributed by atoms with Crippen molar-refractivity contribution in [2.24, 2.45) is 5.92 Å². The van der Waals surface area contributed by atoms with Crippen LogP contribution in [0.2, 0.25) is 10.0 Å². The van der Waals surface area contributed by atoms with Crippen LogP contribution in [0.4, 0.5) is 21.5 Å². The minimum Gasteiger partial charge on any atom is -0.384 e. The van der Waals surface area contributed by atoms with Crippen LogP contribution < -0.4 is 31.9 Å². The van der Waals surface area contributed by atoms with Crippen LogP contribution in [-0.2, 0) is 31.1 Å². The number of benzene rings is 4. The van der Waals surface area contributed by atoms with Gasteiger partial charge in [0.25, 0.3) is 5.91 Å². The molecular formula is C51H55Cl2FN8O6. The second-order valence-electron chi connectivity index (χ2n) is 19.2. The molecule has 10 rings (SSSR count). The Kier molecular flexibility index (Phi) is 12.8. The minimum absolute atomic E-state index is 0.0996. The fourth-order valence-electron chi connectivity index (χ4n) is 12.2. The molecule has 356 valence electrons. The number of hydrogen-bond donors (Lipinski definition) is 7. The van der Waals surface area contributed by atoms with Crippen molar-refractivity contribution in [2.75, 3.05) is 48.7 Å². The smallest absolute Gasteiger partial charge is 0.251 e. The highest BCUT2D eigenvalue weighted by atomic mass is 35.5. The van der Waals surface area contributed by atoms with Gasteiger partial charge in [-0.1, -0.05) is 72.8 Å². The average molecular weight is 966 g/mol. The van der Waals surface area contributed by atoms with E-state index >= 15 is 4.39 Å². The number of halogens is 3. The molecule has 0 aromatic heterocycles. The van der Waals surface area contributed by atoms with Crippen molar-refractivity contribution in [2.45, 2.75) is 99.5 Å². The molecule has 1 aliphatic carbocycles. The standard InChI is InChI=1S/C51H55Cl2FN8O6/c52-31-12-15-36-39(26-31)58-49(68)51(36)42(34-7-4-8-37(53)43(34)54)44(60-50(51)20-2-1-3-21-50)47(66)57-32-13-10-30(11-14-32)45(64)55-22-25-61-23-18-29(19-24-61)27-56-38-9-5-6-33-35(38)28-62(48(33)67)40-16-17-41(63)59-46(40)65/h4-15,26,29,40,42,44,48,56,60,67H,1-3,16-25,27-28H2,(H,55,64)(H,57,66)(H,58,68)(H,59,63,65)/t40?,42-,44+,48?,51+/m0/s1. The van der Waals surface area contributed by atoms with E-state index in [0.29, 0.717) is 72.3 Å². The van der Waals surface area contributed by atoms with Gasteiger partial charge in [-0.3, -0.25) is 39.5 Å². The molecular weight excluding hydrogens is 911 g/mol. The van der Waals surface area contributed by atoms with E-state index in [1.807, 2.05) is 24.3 Å². The number of likely N-dealkylation sites (tertiary alicyclic amines) is 1. The molecule has 2 unspecified atom stereocenters. The highest BCUT2D eigenvalue weighted by Gasteiger charge is 2.72. The molecule has 4 aromatic carbocycles. The Hall–Kier alpha value is -5.42. The lowest BCUT2D eigenvalue weighted by molar-refractivity contribution is -0.141. The summed E-state index contributed by atoms with van der Waals surface area (Å²) in [5.74, 6) is -2.84. The van der Waals surface area contributed by atoms with Crippen molar-refractivity contribution >= 4 is 69.8 Å². The van der Waals surface area contributed by atoms with Gasteiger partial charge in [-0.2, -0.15) is 0 Å². The summed E-state index contributed by atoms with van der Waals surface area (Å²) >= 11 is 12.8. The number of rotatable bonds is 11. The number of hydrogen-bond acceptors (Lipinski definition) is 10. The number of nitrogens with one attached hydrogen (secondary N) is 6. The van der Waals surface area contributed by atoms with Crippen LogP contribution in [0.5, 0.6) is 0 Å². The van der Waals surface area contributed by atoms with Crippen molar-refractivity contribution in [3.05, 3.63) is 123 Å². The fraction of sp³-hybridized carbons (Fsp3) is 0.431.